The number of aromatic nitrogens is 1. The minimum absolute atomic E-state index is 0.0623. The normalized spacial score (nSPS) is 15.7. The third-order valence-corrected chi connectivity index (χ3v) is 5.24. The van der Waals surface area contributed by atoms with Crippen molar-refractivity contribution in [3.8, 4) is 0 Å². The summed E-state index contributed by atoms with van der Waals surface area (Å²) in [6, 6.07) is 1.59. The predicted molar refractivity (Wildman–Crippen MR) is 77.5 cm³/mol. The molecule has 0 bridgehead atoms. The van der Waals surface area contributed by atoms with Crippen LogP contribution in [0.25, 0.3) is 0 Å². The van der Waals surface area contributed by atoms with Gasteiger partial charge in [-0.2, -0.15) is 0 Å². The van der Waals surface area contributed by atoms with Crippen LogP contribution in [0.15, 0.2) is 29.3 Å². The number of anilines is 1. The fraction of sp³-hybridized carbons (Fsp3) is 0.429. The number of pyridine rings is 1. The van der Waals surface area contributed by atoms with Crippen molar-refractivity contribution in [1.29, 1.82) is 0 Å². The Kier molecular flexibility index (Phi) is 3.94. The predicted octanol–water partition coefficient (Wildman–Crippen LogP) is 1.73. The quantitative estimate of drug-likeness (QED) is 0.793. The molecule has 0 saturated heterocycles. The monoisotopic (exact) mass is 294 g/mol. The first-order chi connectivity index (χ1) is 9.36. The maximum Gasteiger partial charge on any atom is 0.224 e. The summed E-state index contributed by atoms with van der Waals surface area (Å²) in [5.41, 5.74) is 1.85. The minimum atomic E-state index is -3.34. The molecule has 2 rings (SSSR count). The Balaban J connectivity index is 2.54. The number of hydrogen-bond acceptors (Lipinski definition) is 4. The average Bonchev–Trinajstić information content (AvgIpc) is 2.71. The van der Waals surface area contributed by atoms with E-state index >= 15 is 0 Å². The molecule has 1 aromatic rings. The molecule has 1 aromatic heterocycles. The average molecular weight is 294 g/mol. The number of carbonyl (C=O) groups is 1. The Hall–Kier alpha value is -1.69. The highest BCUT2D eigenvalue weighted by atomic mass is 32.2. The molecule has 2 heterocycles. The largest absolute Gasteiger partial charge is 0.307 e. The SMILES string of the molecule is C=C(CC)CN(C(C)=O)c1ccnc2c1S(=O)(=O)CC2. The number of rotatable bonds is 4. The van der Waals surface area contributed by atoms with Gasteiger partial charge in [0.15, 0.2) is 9.84 Å². The molecule has 0 unspecified atom stereocenters. The van der Waals surface area contributed by atoms with E-state index < -0.39 is 9.84 Å². The summed E-state index contributed by atoms with van der Waals surface area (Å²) in [6.45, 7) is 7.60. The number of sulfone groups is 1. The third-order valence-electron chi connectivity index (χ3n) is 3.43. The van der Waals surface area contributed by atoms with E-state index in [1.54, 1.807) is 12.3 Å². The highest BCUT2D eigenvalue weighted by Gasteiger charge is 2.33. The summed E-state index contributed by atoms with van der Waals surface area (Å²) >= 11 is 0. The Morgan fingerprint density at radius 2 is 2.20 bits per heavy atom. The van der Waals surface area contributed by atoms with Crippen LogP contribution in [0, 0.1) is 0 Å². The van der Waals surface area contributed by atoms with Gasteiger partial charge in [0.25, 0.3) is 0 Å². The van der Waals surface area contributed by atoms with Crippen LogP contribution in [0.4, 0.5) is 5.69 Å². The fourth-order valence-corrected chi connectivity index (χ4v) is 3.92. The molecule has 0 aliphatic carbocycles. The molecule has 0 aromatic carbocycles. The van der Waals surface area contributed by atoms with Gasteiger partial charge in [-0.15, -0.1) is 0 Å². The van der Waals surface area contributed by atoms with Gasteiger partial charge in [0.1, 0.15) is 4.90 Å². The molecule has 0 atom stereocenters. The van der Waals surface area contributed by atoms with E-state index in [9.17, 15) is 13.2 Å². The van der Waals surface area contributed by atoms with Crippen molar-refractivity contribution in [1.82, 2.24) is 4.98 Å². The molecule has 0 N–H and O–H groups in total. The van der Waals surface area contributed by atoms with Crippen LogP contribution in [-0.2, 0) is 21.1 Å². The van der Waals surface area contributed by atoms with Gasteiger partial charge in [0.05, 0.1) is 17.1 Å². The molecular weight excluding hydrogens is 276 g/mol. The molecule has 108 valence electrons. The van der Waals surface area contributed by atoms with E-state index in [0.717, 1.165) is 12.0 Å². The van der Waals surface area contributed by atoms with E-state index in [0.29, 0.717) is 24.3 Å². The first kappa shape index (κ1) is 14.7. The summed E-state index contributed by atoms with van der Waals surface area (Å²) in [5, 5.41) is 0. The molecule has 1 amide bonds. The van der Waals surface area contributed by atoms with Gasteiger partial charge in [0, 0.05) is 26.1 Å². The minimum Gasteiger partial charge on any atom is -0.307 e. The lowest BCUT2D eigenvalue weighted by Crippen LogP contribution is -2.31. The van der Waals surface area contributed by atoms with Gasteiger partial charge in [-0.05, 0) is 12.5 Å². The first-order valence-electron chi connectivity index (χ1n) is 6.52. The van der Waals surface area contributed by atoms with Gasteiger partial charge in [-0.1, -0.05) is 19.1 Å². The van der Waals surface area contributed by atoms with Crippen LogP contribution in [0.3, 0.4) is 0 Å². The molecule has 0 radical (unpaired) electrons. The number of fused-ring (bicyclic) bond motifs is 1. The van der Waals surface area contributed by atoms with Gasteiger partial charge in [0.2, 0.25) is 5.91 Å². The van der Waals surface area contributed by atoms with Gasteiger partial charge in [-0.25, -0.2) is 8.42 Å². The van der Waals surface area contributed by atoms with Gasteiger partial charge < -0.3 is 4.90 Å². The number of nitrogens with zero attached hydrogens (tertiary/aromatic N) is 2. The van der Waals surface area contributed by atoms with Crippen molar-refractivity contribution in [2.24, 2.45) is 0 Å². The Morgan fingerprint density at radius 3 is 2.80 bits per heavy atom. The Bertz CT molecular complexity index is 665. The summed E-state index contributed by atoms with van der Waals surface area (Å²) in [7, 11) is -3.34. The van der Waals surface area contributed by atoms with Crippen LogP contribution in [0.1, 0.15) is 26.0 Å². The molecule has 5 nitrogen and oxygen atoms in total. The van der Waals surface area contributed by atoms with Crippen molar-refractivity contribution in [2.45, 2.75) is 31.6 Å². The standard InChI is InChI=1S/C14H18N2O3S/c1-4-10(2)9-16(11(3)17)13-5-7-15-12-6-8-20(18,19)14(12)13/h5,7H,2,4,6,8-9H2,1,3H3. The lowest BCUT2D eigenvalue weighted by molar-refractivity contribution is -0.116. The molecule has 6 heteroatoms. The van der Waals surface area contributed by atoms with Crippen molar-refractivity contribution in [2.75, 3.05) is 17.2 Å². The van der Waals surface area contributed by atoms with Gasteiger partial charge >= 0.3 is 0 Å². The molecule has 0 saturated carbocycles. The Morgan fingerprint density at radius 1 is 1.50 bits per heavy atom. The van der Waals surface area contributed by atoms with Crippen molar-refractivity contribution in [3.63, 3.8) is 0 Å². The van der Waals surface area contributed by atoms with E-state index in [1.165, 1.54) is 11.8 Å². The molecule has 1 aliphatic heterocycles. The number of hydrogen-bond donors (Lipinski definition) is 0. The van der Waals surface area contributed by atoms with Crippen molar-refractivity contribution >= 4 is 21.4 Å². The molecule has 20 heavy (non-hydrogen) atoms. The number of carbonyl (C=O) groups excluding carboxylic acids is 1. The van der Waals surface area contributed by atoms with E-state index in [2.05, 4.69) is 11.6 Å². The van der Waals surface area contributed by atoms with Gasteiger partial charge in [-0.3, -0.25) is 9.78 Å². The topological polar surface area (TPSA) is 67.3 Å². The zero-order chi connectivity index (χ0) is 14.9. The smallest absolute Gasteiger partial charge is 0.224 e. The second-order valence-corrected chi connectivity index (χ2v) is 6.93. The first-order valence-corrected chi connectivity index (χ1v) is 8.17. The second kappa shape index (κ2) is 5.36. The summed E-state index contributed by atoms with van der Waals surface area (Å²) in [6.07, 6.45) is 2.70. The number of aryl methyl sites for hydroxylation is 1. The van der Waals surface area contributed by atoms with Crippen LogP contribution in [0.5, 0.6) is 0 Å². The third kappa shape index (κ3) is 2.60. The van der Waals surface area contributed by atoms with Crippen LogP contribution in [0.2, 0.25) is 0 Å². The molecule has 1 aliphatic rings. The van der Waals surface area contributed by atoms with Crippen LogP contribution in [-0.4, -0.2) is 31.6 Å². The van der Waals surface area contributed by atoms with E-state index in [4.69, 9.17) is 0 Å². The zero-order valence-electron chi connectivity index (χ0n) is 11.7. The highest BCUT2D eigenvalue weighted by Crippen LogP contribution is 2.34. The summed E-state index contributed by atoms with van der Waals surface area (Å²) in [5.74, 6) is -0.137. The van der Waals surface area contributed by atoms with E-state index in [-0.39, 0.29) is 16.6 Å². The number of amides is 1. The Labute approximate surface area is 119 Å². The second-order valence-electron chi connectivity index (χ2n) is 4.88. The molecule has 0 spiro atoms. The summed E-state index contributed by atoms with van der Waals surface area (Å²) in [4.78, 5) is 17.7. The van der Waals surface area contributed by atoms with Crippen molar-refractivity contribution in [3.05, 3.63) is 30.1 Å². The maximum absolute atomic E-state index is 12.2. The molecular formula is C14H18N2O3S. The fourth-order valence-electron chi connectivity index (χ4n) is 2.24. The highest BCUT2D eigenvalue weighted by molar-refractivity contribution is 7.91. The lowest BCUT2D eigenvalue weighted by atomic mass is 10.2. The zero-order valence-corrected chi connectivity index (χ0v) is 12.5. The van der Waals surface area contributed by atoms with E-state index in [1.807, 2.05) is 6.92 Å². The van der Waals surface area contributed by atoms with Crippen LogP contribution >= 0.6 is 0 Å². The lowest BCUT2D eigenvalue weighted by Gasteiger charge is -2.23. The maximum atomic E-state index is 12.2. The molecule has 0 fully saturated rings. The van der Waals surface area contributed by atoms with Crippen molar-refractivity contribution < 1.29 is 13.2 Å². The summed E-state index contributed by atoms with van der Waals surface area (Å²) < 4.78 is 24.3. The van der Waals surface area contributed by atoms with Crippen LogP contribution < -0.4 is 4.90 Å².